The molecule has 1 heterocycles. The molecule has 1 aromatic heterocycles. The van der Waals surface area contributed by atoms with Crippen LogP contribution in [0.5, 0.6) is 5.75 Å². The molecule has 0 unspecified atom stereocenters. The fraction of sp³-hybridized carbons (Fsp3) is 0.250. The smallest absolute Gasteiger partial charge is 0.355 e. The van der Waals surface area contributed by atoms with Gasteiger partial charge in [0.15, 0.2) is 0 Å². The van der Waals surface area contributed by atoms with Crippen molar-refractivity contribution in [3.63, 3.8) is 0 Å². The topological polar surface area (TPSA) is 51.3 Å². The van der Waals surface area contributed by atoms with E-state index in [1.807, 2.05) is 12.1 Å². The summed E-state index contributed by atoms with van der Waals surface area (Å²) < 4.78 is 11.7. The molecule has 0 aliphatic heterocycles. The maximum Gasteiger partial charge on any atom is 0.355 e. The second-order valence-electron chi connectivity index (χ2n) is 3.54. The van der Waals surface area contributed by atoms with Crippen LogP contribution < -0.4 is 4.74 Å². The third kappa shape index (κ3) is 2.14. The van der Waals surface area contributed by atoms with Crippen molar-refractivity contribution in [3.05, 3.63) is 26.8 Å². The molecule has 2 aromatic rings. The van der Waals surface area contributed by atoms with Crippen LogP contribution in [0.2, 0.25) is 0 Å². The highest BCUT2D eigenvalue weighted by atomic mass is 79.9. The maximum atomic E-state index is 11.8. The predicted octanol–water partition coefficient (Wildman–Crippen LogP) is 3.88. The van der Waals surface area contributed by atoms with Crippen LogP contribution in [-0.2, 0) is 4.74 Å². The van der Waals surface area contributed by atoms with Gasteiger partial charge in [0.05, 0.1) is 22.7 Å². The van der Waals surface area contributed by atoms with Gasteiger partial charge in [-0.1, -0.05) is 0 Å². The molecule has 2 rings (SSSR count). The molecule has 1 aromatic carbocycles. The molecule has 0 saturated carbocycles. The van der Waals surface area contributed by atoms with Crippen LogP contribution in [0.15, 0.2) is 21.1 Å². The van der Waals surface area contributed by atoms with Crippen LogP contribution in [-0.4, -0.2) is 24.7 Å². The molecular formula is C12H11Br2NO3. The van der Waals surface area contributed by atoms with Gasteiger partial charge in [-0.25, -0.2) is 4.79 Å². The molecule has 96 valence electrons. The van der Waals surface area contributed by atoms with Gasteiger partial charge in [-0.2, -0.15) is 0 Å². The van der Waals surface area contributed by atoms with Gasteiger partial charge in [0.25, 0.3) is 0 Å². The summed E-state index contributed by atoms with van der Waals surface area (Å²) in [6.45, 7) is 2.11. The summed E-state index contributed by atoms with van der Waals surface area (Å²) in [6.07, 6.45) is 0. The lowest BCUT2D eigenvalue weighted by atomic mass is 10.2. The normalized spacial score (nSPS) is 10.7. The van der Waals surface area contributed by atoms with Gasteiger partial charge in [-0.05, 0) is 50.9 Å². The molecule has 0 radical (unpaired) electrons. The van der Waals surface area contributed by atoms with Gasteiger partial charge < -0.3 is 14.5 Å². The van der Waals surface area contributed by atoms with Crippen LogP contribution >= 0.6 is 31.9 Å². The van der Waals surface area contributed by atoms with Gasteiger partial charge in [-0.15, -0.1) is 0 Å². The quantitative estimate of drug-likeness (QED) is 0.827. The third-order valence-corrected chi connectivity index (χ3v) is 4.08. The second-order valence-corrected chi connectivity index (χ2v) is 5.12. The lowest BCUT2D eigenvalue weighted by Crippen LogP contribution is -2.05. The van der Waals surface area contributed by atoms with Crippen LogP contribution in [0.4, 0.5) is 0 Å². The molecule has 0 fully saturated rings. The number of aromatic nitrogens is 1. The summed E-state index contributed by atoms with van der Waals surface area (Å²) in [7, 11) is 1.60. The molecule has 0 bridgehead atoms. The number of H-pyrrole nitrogens is 1. The minimum Gasteiger partial charge on any atom is -0.496 e. The second kappa shape index (κ2) is 5.32. The summed E-state index contributed by atoms with van der Waals surface area (Å²) in [5.41, 5.74) is 1.23. The Morgan fingerprint density at radius 2 is 2.06 bits per heavy atom. The van der Waals surface area contributed by atoms with Crippen LogP contribution in [0.3, 0.4) is 0 Å². The van der Waals surface area contributed by atoms with Crippen LogP contribution in [0, 0.1) is 0 Å². The minimum absolute atomic E-state index is 0.338. The molecule has 0 aliphatic carbocycles. The maximum absolute atomic E-state index is 11.8. The summed E-state index contributed by atoms with van der Waals surface area (Å²) in [6, 6.07) is 3.68. The zero-order valence-electron chi connectivity index (χ0n) is 9.84. The Bertz CT molecular complexity index is 607. The number of rotatable bonds is 3. The molecule has 0 atom stereocenters. The van der Waals surface area contributed by atoms with E-state index in [-0.39, 0.29) is 5.97 Å². The molecule has 6 heteroatoms. The minimum atomic E-state index is -0.383. The Labute approximate surface area is 121 Å². The Morgan fingerprint density at radius 3 is 2.67 bits per heavy atom. The molecule has 1 N–H and O–H groups in total. The number of hydrogen-bond donors (Lipinski definition) is 1. The van der Waals surface area contributed by atoms with Crippen molar-refractivity contribution in [1.82, 2.24) is 4.98 Å². The summed E-state index contributed by atoms with van der Waals surface area (Å²) in [5.74, 6) is 0.323. The number of methoxy groups -OCH3 is 1. The highest BCUT2D eigenvalue weighted by Gasteiger charge is 2.20. The molecule has 4 nitrogen and oxygen atoms in total. The van der Waals surface area contributed by atoms with Crippen molar-refractivity contribution in [2.45, 2.75) is 6.92 Å². The first-order valence-electron chi connectivity index (χ1n) is 5.31. The van der Waals surface area contributed by atoms with E-state index in [9.17, 15) is 4.79 Å². The molecule has 0 aliphatic rings. The van der Waals surface area contributed by atoms with Gasteiger partial charge in [0.1, 0.15) is 11.4 Å². The summed E-state index contributed by atoms with van der Waals surface area (Å²) in [4.78, 5) is 14.8. The Balaban J connectivity index is 2.63. The number of aromatic amines is 1. The molecule has 0 spiro atoms. The van der Waals surface area contributed by atoms with Gasteiger partial charge in [-0.3, -0.25) is 0 Å². The zero-order valence-corrected chi connectivity index (χ0v) is 13.0. The van der Waals surface area contributed by atoms with E-state index >= 15 is 0 Å². The fourth-order valence-corrected chi connectivity index (χ4v) is 3.34. The number of benzene rings is 1. The molecular weight excluding hydrogens is 366 g/mol. The van der Waals surface area contributed by atoms with Crippen molar-refractivity contribution in [2.75, 3.05) is 13.7 Å². The first-order valence-corrected chi connectivity index (χ1v) is 6.89. The average Bonchev–Trinajstić information content (AvgIpc) is 2.68. The van der Waals surface area contributed by atoms with Crippen molar-refractivity contribution in [3.8, 4) is 5.75 Å². The predicted molar refractivity (Wildman–Crippen MR) is 76.2 cm³/mol. The first kappa shape index (κ1) is 13.4. The van der Waals surface area contributed by atoms with Gasteiger partial charge >= 0.3 is 5.97 Å². The average molecular weight is 377 g/mol. The number of hydrogen-bond acceptors (Lipinski definition) is 3. The summed E-state index contributed by atoms with van der Waals surface area (Å²) >= 11 is 6.89. The highest BCUT2D eigenvalue weighted by Crippen LogP contribution is 2.39. The number of fused-ring (bicyclic) bond motifs is 1. The molecule has 18 heavy (non-hydrogen) atoms. The van der Waals surface area contributed by atoms with E-state index < -0.39 is 0 Å². The van der Waals surface area contributed by atoms with E-state index in [0.29, 0.717) is 22.5 Å². The number of carbonyl (C=O) groups excluding carboxylic acids is 1. The molecule has 0 saturated heterocycles. The largest absolute Gasteiger partial charge is 0.496 e. The van der Waals surface area contributed by atoms with Crippen molar-refractivity contribution >= 4 is 48.7 Å². The standard InChI is InChI=1S/C12H11Br2NO3/c1-3-18-12(16)11-10(14)8-6(15-11)4-5-7(17-2)9(8)13/h4-5,15H,3H2,1-2H3. The van der Waals surface area contributed by atoms with Crippen LogP contribution in [0.25, 0.3) is 10.9 Å². The van der Waals surface area contributed by atoms with E-state index in [0.717, 1.165) is 15.4 Å². The van der Waals surface area contributed by atoms with Crippen molar-refractivity contribution < 1.29 is 14.3 Å². The fourth-order valence-electron chi connectivity index (χ4n) is 1.69. The number of nitrogens with one attached hydrogen (secondary N) is 1. The number of esters is 1. The first-order chi connectivity index (χ1) is 8.60. The number of carbonyl (C=O) groups is 1. The highest BCUT2D eigenvalue weighted by molar-refractivity contribution is 9.11. The number of halogens is 2. The van der Waals surface area contributed by atoms with Crippen molar-refractivity contribution in [1.29, 1.82) is 0 Å². The zero-order chi connectivity index (χ0) is 13.3. The third-order valence-electron chi connectivity index (χ3n) is 2.50. The van der Waals surface area contributed by atoms with E-state index in [2.05, 4.69) is 36.8 Å². The number of ether oxygens (including phenoxy) is 2. The summed E-state index contributed by atoms with van der Waals surface area (Å²) in [5, 5.41) is 0.859. The van der Waals surface area contributed by atoms with Crippen LogP contribution in [0.1, 0.15) is 17.4 Å². The molecule has 0 amide bonds. The monoisotopic (exact) mass is 375 g/mol. The van der Waals surface area contributed by atoms with Gasteiger partial charge in [0, 0.05) is 10.9 Å². The van der Waals surface area contributed by atoms with E-state index in [1.54, 1.807) is 14.0 Å². The Morgan fingerprint density at radius 1 is 1.33 bits per heavy atom. The SMILES string of the molecule is CCOC(=O)c1[nH]c2ccc(OC)c(Br)c2c1Br. The van der Waals surface area contributed by atoms with Crippen molar-refractivity contribution in [2.24, 2.45) is 0 Å². The van der Waals surface area contributed by atoms with Gasteiger partial charge in [0.2, 0.25) is 0 Å². The lowest BCUT2D eigenvalue weighted by molar-refractivity contribution is 0.0519. The van der Waals surface area contributed by atoms with E-state index in [1.165, 1.54) is 0 Å². The van der Waals surface area contributed by atoms with E-state index in [4.69, 9.17) is 9.47 Å². The Hall–Kier alpha value is -1.01. The lowest BCUT2D eigenvalue weighted by Gasteiger charge is -2.03. The Kier molecular flexibility index (Phi) is 3.97.